The van der Waals surface area contributed by atoms with Crippen LogP contribution in [0.5, 0.6) is 5.75 Å². The molecule has 4 nitrogen and oxygen atoms in total. The zero-order valence-corrected chi connectivity index (χ0v) is 12.4. The summed E-state index contributed by atoms with van der Waals surface area (Å²) < 4.78 is 5.04. The molecule has 0 fully saturated rings. The monoisotopic (exact) mass is 245 g/mol. The number of hydrogen-bond acceptors (Lipinski definition) is 4. The zero-order valence-electron chi connectivity index (χ0n) is 11.4. The van der Waals surface area contributed by atoms with Crippen LogP contribution >= 0.6 is 0 Å². The van der Waals surface area contributed by atoms with Crippen LogP contribution in [0.1, 0.15) is 21.7 Å². The molecule has 88 valence electrons. The molecule has 5 heteroatoms. The first kappa shape index (κ1) is 16.3. The first-order chi connectivity index (χ1) is 7.63. The maximum absolute atomic E-state index is 11.6. The van der Waals surface area contributed by atoms with E-state index in [1.54, 1.807) is 24.3 Å². The molecule has 17 heavy (non-hydrogen) atoms. The molecule has 0 saturated carbocycles. The third-order valence-corrected chi connectivity index (χ3v) is 2.06. The van der Waals surface area contributed by atoms with E-state index in [2.05, 4.69) is 5.18 Å². The Morgan fingerprint density at radius 1 is 1.35 bits per heavy atom. The average molecular weight is 245 g/mol. The topological polar surface area (TPSA) is 55.7 Å². The Labute approximate surface area is 124 Å². The molecule has 0 unspecified atom stereocenters. The van der Waals surface area contributed by atoms with Crippen molar-refractivity contribution in [1.82, 2.24) is 0 Å². The molecule has 0 aliphatic carbocycles. The van der Waals surface area contributed by atoms with Crippen molar-refractivity contribution >= 4 is 5.97 Å². The van der Waals surface area contributed by atoms with Crippen LogP contribution < -0.4 is 34.3 Å². The quantitative estimate of drug-likeness (QED) is 0.315. The molecule has 0 N–H and O–H groups in total. The SMILES string of the molecule is CC(C)C[C@H](N=O)C(=O)Oc1ccccc1.[H-].[Na+]. The molecule has 0 amide bonds. The van der Waals surface area contributed by atoms with Crippen LogP contribution in [0.25, 0.3) is 0 Å². The van der Waals surface area contributed by atoms with E-state index >= 15 is 0 Å². The first-order valence-corrected chi connectivity index (χ1v) is 5.22. The molecule has 0 aliphatic heterocycles. The van der Waals surface area contributed by atoms with Gasteiger partial charge in [0.15, 0.2) is 6.04 Å². The normalized spacial score (nSPS) is 11.5. The third kappa shape index (κ3) is 5.96. The number of nitroso groups, excluding NO2 is 1. The van der Waals surface area contributed by atoms with Gasteiger partial charge in [-0.25, -0.2) is 4.79 Å². The van der Waals surface area contributed by atoms with Crippen molar-refractivity contribution < 1.29 is 40.5 Å². The molecule has 0 spiro atoms. The summed E-state index contributed by atoms with van der Waals surface area (Å²) in [5, 5.41) is 2.80. The Balaban J connectivity index is 0. The van der Waals surface area contributed by atoms with Crippen LogP contribution in [0.2, 0.25) is 0 Å². The molecule has 0 aromatic heterocycles. The number of para-hydroxylation sites is 1. The number of rotatable bonds is 5. The van der Waals surface area contributed by atoms with Gasteiger partial charge in [0.1, 0.15) is 5.75 Å². The maximum atomic E-state index is 11.6. The predicted molar refractivity (Wildman–Crippen MR) is 62.2 cm³/mol. The second-order valence-electron chi connectivity index (χ2n) is 3.98. The molecule has 1 aromatic carbocycles. The fourth-order valence-electron chi connectivity index (χ4n) is 1.30. The number of benzene rings is 1. The minimum absolute atomic E-state index is 0. The number of hydrogen-bond donors (Lipinski definition) is 0. The maximum Gasteiger partial charge on any atom is 1.00 e. The Morgan fingerprint density at radius 2 is 1.94 bits per heavy atom. The van der Waals surface area contributed by atoms with Crippen LogP contribution in [-0.2, 0) is 4.79 Å². The van der Waals surface area contributed by atoms with Gasteiger partial charge >= 0.3 is 35.5 Å². The number of carbonyl (C=O) groups is 1. The summed E-state index contributed by atoms with van der Waals surface area (Å²) in [5.41, 5.74) is 0. The van der Waals surface area contributed by atoms with E-state index in [0.717, 1.165) is 0 Å². The summed E-state index contributed by atoms with van der Waals surface area (Å²) in [6.07, 6.45) is 0.412. The van der Waals surface area contributed by atoms with Gasteiger partial charge in [-0.2, -0.15) is 0 Å². The summed E-state index contributed by atoms with van der Waals surface area (Å²) in [7, 11) is 0. The van der Waals surface area contributed by atoms with E-state index in [1.165, 1.54) is 0 Å². The fourth-order valence-corrected chi connectivity index (χ4v) is 1.30. The van der Waals surface area contributed by atoms with Crippen molar-refractivity contribution in [3.63, 3.8) is 0 Å². The summed E-state index contributed by atoms with van der Waals surface area (Å²) >= 11 is 0. The van der Waals surface area contributed by atoms with E-state index in [9.17, 15) is 9.70 Å². The second kappa shape index (κ2) is 8.39. The number of ether oxygens (including phenoxy) is 1. The summed E-state index contributed by atoms with van der Waals surface area (Å²) in [4.78, 5) is 22.1. The fraction of sp³-hybridized carbons (Fsp3) is 0.417. The number of esters is 1. The Bertz CT molecular complexity index is 360. The molecule has 1 aromatic rings. The molecule has 0 aliphatic rings. The van der Waals surface area contributed by atoms with Crippen molar-refractivity contribution in [3.8, 4) is 5.75 Å². The van der Waals surface area contributed by atoms with Gasteiger partial charge < -0.3 is 6.16 Å². The van der Waals surface area contributed by atoms with E-state index in [4.69, 9.17) is 4.74 Å². The number of carbonyl (C=O) groups excluding carboxylic acids is 1. The van der Waals surface area contributed by atoms with Crippen molar-refractivity contribution in [2.75, 3.05) is 0 Å². The van der Waals surface area contributed by atoms with Crippen LogP contribution in [0.4, 0.5) is 0 Å². The van der Waals surface area contributed by atoms with E-state index in [1.807, 2.05) is 19.9 Å². The minimum atomic E-state index is -0.916. The Hall–Kier alpha value is -0.710. The molecule has 0 saturated heterocycles. The molecule has 0 heterocycles. The number of nitrogens with zero attached hydrogens (tertiary/aromatic N) is 1. The molecule has 1 atom stereocenters. The smallest absolute Gasteiger partial charge is 1.00 e. The Morgan fingerprint density at radius 3 is 2.41 bits per heavy atom. The average Bonchev–Trinajstić information content (AvgIpc) is 2.26. The van der Waals surface area contributed by atoms with Crippen LogP contribution in [0.15, 0.2) is 35.5 Å². The van der Waals surface area contributed by atoms with Gasteiger partial charge in [0.2, 0.25) is 0 Å². The minimum Gasteiger partial charge on any atom is -1.00 e. The van der Waals surface area contributed by atoms with Gasteiger partial charge in [0, 0.05) is 0 Å². The van der Waals surface area contributed by atoms with E-state index < -0.39 is 12.0 Å². The van der Waals surface area contributed by atoms with Crippen LogP contribution in [0, 0.1) is 10.8 Å². The second-order valence-corrected chi connectivity index (χ2v) is 3.98. The third-order valence-electron chi connectivity index (χ3n) is 2.06. The van der Waals surface area contributed by atoms with Crippen molar-refractivity contribution in [3.05, 3.63) is 35.2 Å². The first-order valence-electron chi connectivity index (χ1n) is 5.22. The van der Waals surface area contributed by atoms with Gasteiger partial charge in [-0.3, -0.25) is 0 Å². The van der Waals surface area contributed by atoms with Gasteiger partial charge in [0.05, 0.1) is 0 Å². The predicted octanol–water partition coefficient (Wildman–Crippen LogP) is -0.110. The zero-order chi connectivity index (χ0) is 12.0. The van der Waals surface area contributed by atoms with Gasteiger partial charge in [-0.1, -0.05) is 37.2 Å². The largest absolute Gasteiger partial charge is 1.00 e. The van der Waals surface area contributed by atoms with Crippen molar-refractivity contribution in [1.29, 1.82) is 0 Å². The standard InChI is InChI=1S/C12H15NO3.Na.H/c1-9(2)8-11(13-15)12(14)16-10-6-4-3-5-7-10;;/h3-7,9,11H,8H2,1-2H3;;/q;+1;-1/t11-;;/m0../s1. The Kier molecular flexibility index (Phi) is 8.04. The van der Waals surface area contributed by atoms with Crippen molar-refractivity contribution in [2.24, 2.45) is 11.1 Å². The molecular weight excluding hydrogens is 229 g/mol. The van der Waals surface area contributed by atoms with Crippen LogP contribution in [0.3, 0.4) is 0 Å². The van der Waals surface area contributed by atoms with E-state index in [-0.39, 0.29) is 36.9 Å². The van der Waals surface area contributed by atoms with Gasteiger partial charge in [-0.15, -0.1) is 4.91 Å². The molecule has 0 bridgehead atoms. The van der Waals surface area contributed by atoms with E-state index in [0.29, 0.717) is 12.2 Å². The van der Waals surface area contributed by atoms with Gasteiger partial charge in [-0.05, 0) is 24.5 Å². The summed E-state index contributed by atoms with van der Waals surface area (Å²) in [6.45, 7) is 3.85. The van der Waals surface area contributed by atoms with Crippen molar-refractivity contribution in [2.45, 2.75) is 26.3 Å². The molecular formula is C12H16NNaO3. The summed E-state index contributed by atoms with van der Waals surface area (Å²) in [5.74, 6) is 0.0748. The molecule has 1 rings (SSSR count). The molecule has 0 radical (unpaired) electrons. The van der Waals surface area contributed by atoms with Crippen LogP contribution in [-0.4, -0.2) is 12.0 Å². The summed E-state index contributed by atoms with van der Waals surface area (Å²) in [6, 6.07) is 7.74. The van der Waals surface area contributed by atoms with Gasteiger partial charge in [0.25, 0.3) is 0 Å².